The predicted octanol–water partition coefficient (Wildman–Crippen LogP) is 8.59. The van der Waals surface area contributed by atoms with Crippen LogP contribution in [-0.2, 0) is 12.8 Å². The second-order valence-electron chi connectivity index (χ2n) is 10.2. The van der Waals surface area contributed by atoms with E-state index in [2.05, 4.69) is 35.7 Å². The molecule has 0 bridgehead atoms. The van der Waals surface area contributed by atoms with Gasteiger partial charge in [-0.2, -0.15) is 0 Å². The topological polar surface area (TPSA) is 39.1 Å². The lowest BCUT2D eigenvalue weighted by atomic mass is 9.88. The molecule has 6 rings (SSSR count). The van der Waals surface area contributed by atoms with Crippen LogP contribution in [0.2, 0.25) is 10.0 Å². The van der Waals surface area contributed by atoms with Gasteiger partial charge in [-0.25, -0.2) is 9.07 Å². The molecule has 0 aliphatic heterocycles. The maximum absolute atomic E-state index is 13.6. The minimum atomic E-state index is -0.250. The molecule has 0 saturated heterocycles. The normalized spacial score (nSPS) is 17.9. The molecule has 0 spiro atoms. The third-order valence-electron chi connectivity index (χ3n) is 7.63. The Morgan fingerprint density at radius 3 is 2.64 bits per heavy atom. The van der Waals surface area contributed by atoms with Crippen LogP contribution >= 0.6 is 23.2 Å². The third-order valence-corrected chi connectivity index (χ3v) is 8.17. The molecule has 0 fully saturated rings. The SMILES string of the molecule is Fc1ccc(/C=C2\CCCCc3c(OCN[C@@H]4CCCc5ccccc54)nn(-c4ccc(Cl)cc4Cl)c32)cc1. The van der Waals surface area contributed by atoms with Gasteiger partial charge in [0, 0.05) is 16.6 Å². The molecule has 39 heavy (non-hydrogen) atoms. The van der Waals surface area contributed by atoms with Crippen LogP contribution in [0, 0.1) is 5.82 Å². The molecule has 1 aromatic heterocycles. The van der Waals surface area contributed by atoms with Crippen molar-refractivity contribution in [2.45, 2.75) is 51.0 Å². The lowest BCUT2D eigenvalue weighted by Gasteiger charge is -2.26. The molecular weight excluding hydrogens is 532 g/mol. The van der Waals surface area contributed by atoms with Gasteiger partial charge in [0.05, 0.1) is 16.4 Å². The standard InChI is InChI=1S/C32H30Cl2FN3O/c33-24-14-17-30(28(34)19-24)38-31-23(18-21-12-15-25(35)16-13-21)7-2-4-10-27(31)32(37-38)39-20-36-29-11-5-8-22-6-1-3-9-26(22)29/h1,3,6,9,12-19,29,36H,2,4-5,7-8,10-11,20H2/b23-18+/t29-/m1/s1. The molecular formula is C32H30Cl2FN3O. The second kappa shape index (κ2) is 11.5. The maximum atomic E-state index is 13.6. The van der Waals surface area contributed by atoms with Crippen LogP contribution in [0.3, 0.4) is 0 Å². The summed E-state index contributed by atoms with van der Waals surface area (Å²) < 4.78 is 21.8. The van der Waals surface area contributed by atoms with Crippen molar-refractivity contribution < 1.29 is 9.13 Å². The molecule has 2 aliphatic carbocycles. The van der Waals surface area contributed by atoms with E-state index in [1.165, 1.54) is 23.3 Å². The number of benzene rings is 3. The number of nitrogens with zero attached hydrogens (tertiary/aromatic N) is 2. The Hall–Kier alpha value is -3.12. The van der Waals surface area contributed by atoms with Crippen LogP contribution in [0.1, 0.15) is 66.1 Å². The van der Waals surface area contributed by atoms with Gasteiger partial charge >= 0.3 is 0 Å². The zero-order valence-corrected chi connectivity index (χ0v) is 23.1. The lowest BCUT2D eigenvalue weighted by Crippen LogP contribution is -2.28. The van der Waals surface area contributed by atoms with Crippen molar-refractivity contribution in [3.05, 3.63) is 111 Å². The summed E-state index contributed by atoms with van der Waals surface area (Å²) in [4.78, 5) is 0. The fourth-order valence-electron chi connectivity index (χ4n) is 5.74. The number of hydrogen-bond acceptors (Lipinski definition) is 3. The molecule has 0 saturated carbocycles. The molecule has 4 nitrogen and oxygen atoms in total. The number of nitrogens with one attached hydrogen (secondary N) is 1. The van der Waals surface area contributed by atoms with Crippen molar-refractivity contribution in [2.75, 3.05) is 6.73 Å². The van der Waals surface area contributed by atoms with E-state index in [1.807, 2.05) is 16.8 Å². The van der Waals surface area contributed by atoms with E-state index in [-0.39, 0.29) is 11.9 Å². The highest BCUT2D eigenvalue weighted by molar-refractivity contribution is 6.35. The van der Waals surface area contributed by atoms with E-state index in [9.17, 15) is 4.39 Å². The number of rotatable bonds is 6. The molecule has 4 aromatic rings. The van der Waals surface area contributed by atoms with E-state index in [0.29, 0.717) is 22.7 Å². The molecule has 1 heterocycles. The van der Waals surface area contributed by atoms with Crippen LogP contribution in [0.15, 0.2) is 66.7 Å². The summed E-state index contributed by atoms with van der Waals surface area (Å²) in [5.41, 5.74) is 7.62. The van der Waals surface area contributed by atoms with Gasteiger partial charge in [0.2, 0.25) is 5.88 Å². The summed E-state index contributed by atoms with van der Waals surface area (Å²) in [7, 11) is 0. The second-order valence-corrected chi connectivity index (χ2v) is 11.0. The van der Waals surface area contributed by atoms with Gasteiger partial charge in [-0.1, -0.05) is 59.6 Å². The highest BCUT2D eigenvalue weighted by Gasteiger charge is 2.27. The fourth-order valence-corrected chi connectivity index (χ4v) is 6.23. The van der Waals surface area contributed by atoms with Crippen molar-refractivity contribution in [1.82, 2.24) is 15.1 Å². The molecule has 1 atom stereocenters. The van der Waals surface area contributed by atoms with Crippen molar-refractivity contribution in [3.63, 3.8) is 0 Å². The largest absolute Gasteiger partial charge is 0.460 e. The molecule has 3 aromatic carbocycles. The first-order valence-electron chi connectivity index (χ1n) is 13.5. The molecule has 1 N–H and O–H groups in total. The third kappa shape index (κ3) is 5.62. The van der Waals surface area contributed by atoms with Crippen LogP contribution in [0.4, 0.5) is 4.39 Å². The Labute approximate surface area is 238 Å². The summed E-state index contributed by atoms with van der Waals surface area (Å²) in [6.45, 7) is 0.355. The van der Waals surface area contributed by atoms with Crippen LogP contribution in [0.25, 0.3) is 17.3 Å². The fraction of sp³-hybridized carbons (Fsp3) is 0.281. The molecule has 0 amide bonds. The molecule has 2 aliphatic rings. The summed E-state index contributed by atoms with van der Waals surface area (Å²) in [5, 5.41) is 9.64. The summed E-state index contributed by atoms with van der Waals surface area (Å²) in [6.07, 6.45) is 9.26. The van der Waals surface area contributed by atoms with E-state index < -0.39 is 0 Å². The molecule has 0 radical (unpaired) electrons. The molecule has 0 unspecified atom stereocenters. The van der Waals surface area contributed by atoms with E-state index in [0.717, 1.165) is 73.0 Å². The zero-order valence-electron chi connectivity index (χ0n) is 21.6. The van der Waals surface area contributed by atoms with E-state index in [4.69, 9.17) is 33.0 Å². The Balaban J connectivity index is 1.36. The van der Waals surface area contributed by atoms with Crippen molar-refractivity contribution >= 4 is 34.9 Å². The monoisotopic (exact) mass is 561 g/mol. The van der Waals surface area contributed by atoms with Gasteiger partial charge in [-0.3, -0.25) is 5.32 Å². The van der Waals surface area contributed by atoms with Gasteiger partial charge in [0.25, 0.3) is 0 Å². The minimum Gasteiger partial charge on any atom is -0.460 e. The van der Waals surface area contributed by atoms with Gasteiger partial charge in [-0.05, 0) is 104 Å². The number of ether oxygens (including phenoxy) is 1. The number of fused-ring (bicyclic) bond motifs is 2. The van der Waals surface area contributed by atoms with Gasteiger partial charge in [0.1, 0.15) is 12.5 Å². The number of allylic oxidation sites excluding steroid dienone is 1. The Morgan fingerprint density at radius 1 is 0.974 bits per heavy atom. The highest BCUT2D eigenvalue weighted by atomic mass is 35.5. The van der Waals surface area contributed by atoms with Gasteiger partial charge in [-0.15, -0.1) is 5.10 Å². The average molecular weight is 563 g/mol. The average Bonchev–Trinajstić information content (AvgIpc) is 3.15. The lowest BCUT2D eigenvalue weighted by molar-refractivity contribution is 0.243. The smallest absolute Gasteiger partial charge is 0.238 e. The van der Waals surface area contributed by atoms with Crippen molar-refractivity contribution in [1.29, 1.82) is 0 Å². The van der Waals surface area contributed by atoms with Crippen LogP contribution in [-0.4, -0.2) is 16.5 Å². The van der Waals surface area contributed by atoms with Crippen molar-refractivity contribution in [2.24, 2.45) is 0 Å². The molecule has 7 heteroatoms. The van der Waals surface area contributed by atoms with Gasteiger partial charge < -0.3 is 4.74 Å². The predicted molar refractivity (Wildman–Crippen MR) is 156 cm³/mol. The van der Waals surface area contributed by atoms with Crippen LogP contribution in [0.5, 0.6) is 5.88 Å². The summed E-state index contributed by atoms with van der Waals surface area (Å²) in [6, 6.07) is 20.9. The molecule has 200 valence electrons. The first kappa shape index (κ1) is 26.1. The first-order chi connectivity index (χ1) is 19.1. The maximum Gasteiger partial charge on any atom is 0.238 e. The number of aromatic nitrogens is 2. The summed E-state index contributed by atoms with van der Waals surface area (Å²) in [5.74, 6) is 0.361. The van der Waals surface area contributed by atoms with Crippen LogP contribution < -0.4 is 10.1 Å². The summed E-state index contributed by atoms with van der Waals surface area (Å²) >= 11 is 12.9. The number of halogens is 3. The zero-order chi connectivity index (χ0) is 26.8. The number of aryl methyl sites for hydroxylation is 1. The van der Waals surface area contributed by atoms with E-state index >= 15 is 0 Å². The quantitative estimate of drug-likeness (QED) is 0.189. The first-order valence-corrected chi connectivity index (χ1v) is 14.3. The van der Waals surface area contributed by atoms with Crippen molar-refractivity contribution in [3.8, 4) is 11.6 Å². The Morgan fingerprint density at radius 2 is 1.79 bits per heavy atom. The Kier molecular flexibility index (Phi) is 7.73. The number of hydrogen-bond donors (Lipinski definition) is 1. The highest BCUT2D eigenvalue weighted by Crippen LogP contribution is 2.39. The Bertz CT molecular complexity index is 1510. The van der Waals surface area contributed by atoms with E-state index in [1.54, 1.807) is 18.2 Å². The van der Waals surface area contributed by atoms with Gasteiger partial charge in [0.15, 0.2) is 0 Å². The minimum absolute atomic E-state index is 0.250.